The van der Waals surface area contributed by atoms with Crippen LogP contribution >= 0.6 is 0 Å². The molecule has 1 aromatic carbocycles. The van der Waals surface area contributed by atoms with E-state index in [0.717, 1.165) is 12.8 Å². The Kier molecular flexibility index (Phi) is 5.35. The summed E-state index contributed by atoms with van der Waals surface area (Å²) in [5, 5.41) is 6.56. The number of aromatic nitrogens is 2. The van der Waals surface area contributed by atoms with Crippen molar-refractivity contribution < 1.29 is 18.8 Å². The maximum Gasteiger partial charge on any atom is 0.251 e. The molecule has 0 unspecified atom stereocenters. The van der Waals surface area contributed by atoms with Crippen molar-refractivity contribution in [2.45, 2.75) is 26.3 Å². The number of methoxy groups -OCH3 is 2. The van der Waals surface area contributed by atoms with Crippen LogP contribution in [0.15, 0.2) is 22.7 Å². The number of aryl methyl sites for hydroxylation is 1. The molecule has 2 rings (SSSR count). The Balaban J connectivity index is 2.02. The number of hydrogen-bond acceptors (Lipinski definition) is 6. The zero-order chi connectivity index (χ0) is 15.9. The average Bonchev–Trinajstić information content (AvgIpc) is 3.00. The van der Waals surface area contributed by atoms with Crippen molar-refractivity contribution in [1.82, 2.24) is 15.5 Å². The summed E-state index contributed by atoms with van der Waals surface area (Å²) in [5.74, 6) is 1.86. The molecule has 118 valence electrons. The average molecular weight is 305 g/mol. The molecule has 1 aromatic heterocycles. The highest BCUT2D eigenvalue weighted by Gasteiger charge is 2.11. The van der Waals surface area contributed by atoms with Gasteiger partial charge < -0.3 is 19.3 Å². The molecule has 0 aliphatic carbocycles. The van der Waals surface area contributed by atoms with Gasteiger partial charge in [0.1, 0.15) is 11.5 Å². The van der Waals surface area contributed by atoms with E-state index in [1.807, 2.05) is 6.92 Å². The van der Waals surface area contributed by atoms with Gasteiger partial charge in [0.2, 0.25) is 5.89 Å². The molecule has 1 heterocycles. The van der Waals surface area contributed by atoms with Crippen LogP contribution in [0.25, 0.3) is 0 Å². The second kappa shape index (κ2) is 7.44. The first-order valence-corrected chi connectivity index (χ1v) is 6.99. The molecule has 2 aromatic rings. The van der Waals surface area contributed by atoms with Crippen molar-refractivity contribution in [3.8, 4) is 11.5 Å². The number of hydrogen-bond donors (Lipinski definition) is 1. The van der Waals surface area contributed by atoms with E-state index in [0.29, 0.717) is 28.8 Å². The van der Waals surface area contributed by atoms with Crippen molar-refractivity contribution in [1.29, 1.82) is 0 Å². The minimum atomic E-state index is -0.265. The number of carbonyl (C=O) groups is 1. The number of benzene rings is 1. The van der Waals surface area contributed by atoms with Gasteiger partial charge in [0.05, 0.1) is 20.8 Å². The van der Waals surface area contributed by atoms with Crippen molar-refractivity contribution in [2.75, 3.05) is 14.2 Å². The van der Waals surface area contributed by atoms with Gasteiger partial charge in [-0.1, -0.05) is 12.1 Å². The summed E-state index contributed by atoms with van der Waals surface area (Å²) in [4.78, 5) is 16.4. The van der Waals surface area contributed by atoms with Crippen molar-refractivity contribution in [2.24, 2.45) is 0 Å². The zero-order valence-electron chi connectivity index (χ0n) is 12.9. The monoisotopic (exact) mass is 305 g/mol. The van der Waals surface area contributed by atoms with Gasteiger partial charge in [-0.05, 0) is 18.6 Å². The topological polar surface area (TPSA) is 86.5 Å². The lowest BCUT2D eigenvalue weighted by molar-refractivity contribution is 0.0949. The Hall–Kier alpha value is -2.57. The third-order valence-electron chi connectivity index (χ3n) is 2.99. The first-order chi connectivity index (χ1) is 10.7. The molecule has 0 fully saturated rings. The number of rotatable bonds is 7. The lowest BCUT2D eigenvalue weighted by atomic mass is 10.2. The Morgan fingerprint density at radius 2 is 1.91 bits per heavy atom. The van der Waals surface area contributed by atoms with Crippen molar-refractivity contribution >= 4 is 5.91 Å². The van der Waals surface area contributed by atoms with Crippen LogP contribution in [0.3, 0.4) is 0 Å². The van der Waals surface area contributed by atoms with Crippen LogP contribution in [0.5, 0.6) is 11.5 Å². The van der Waals surface area contributed by atoms with Gasteiger partial charge >= 0.3 is 0 Å². The Labute approximate surface area is 128 Å². The van der Waals surface area contributed by atoms with Gasteiger partial charge in [-0.15, -0.1) is 0 Å². The van der Waals surface area contributed by atoms with E-state index in [1.165, 1.54) is 14.2 Å². The second-order valence-electron chi connectivity index (χ2n) is 4.64. The van der Waals surface area contributed by atoms with Crippen LogP contribution in [0.4, 0.5) is 0 Å². The molecule has 1 N–H and O–H groups in total. The molecule has 0 aliphatic heterocycles. The van der Waals surface area contributed by atoms with Crippen LogP contribution in [0.1, 0.15) is 35.4 Å². The molecule has 0 aliphatic rings. The lowest BCUT2D eigenvalue weighted by Crippen LogP contribution is -2.23. The minimum Gasteiger partial charge on any atom is -0.497 e. The molecule has 7 nitrogen and oxygen atoms in total. The minimum absolute atomic E-state index is 0.200. The third-order valence-corrected chi connectivity index (χ3v) is 2.99. The maximum absolute atomic E-state index is 12.2. The highest BCUT2D eigenvalue weighted by Crippen LogP contribution is 2.22. The molecule has 0 atom stereocenters. The van der Waals surface area contributed by atoms with E-state index in [-0.39, 0.29) is 12.5 Å². The zero-order valence-corrected chi connectivity index (χ0v) is 12.9. The first-order valence-electron chi connectivity index (χ1n) is 6.99. The summed E-state index contributed by atoms with van der Waals surface area (Å²) in [7, 11) is 3.07. The van der Waals surface area contributed by atoms with Gasteiger partial charge in [-0.2, -0.15) is 4.98 Å². The molecule has 0 radical (unpaired) electrons. The summed E-state index contributed by atoms with van der Waals surface area (Å²) in [6.07, 6.45) is 1.66. The van der Waals surface area contributed by atoms with Crippen LogP contribution in [0.2, 0.25) is 0 Å². The SMILES string of the molecule is CCCc1nc(CNC(=O)c2cc(OC)cc(OC)c2)no1. The fourth-order valence-electron chi connectivity index (χ4n) is 1.88. The predicted octanol–water partition coefficient (Wildman–Crippen LogP) is 1.97. The van der Waals surface area contributed by atoms with E-state index in [9.17, 15) is 4.79 Å². The van der Waals surface area contributed by atoms with E-state index in [1.54, 1.807) is 18.2 Å². The van der Waals surface area contributed by atoms with Gasteiger partial charge in [0.25, 0.3) is 5.91 Å². The fourth-order valence-corrected chi connectivity index (χ4v) is 1.88. The van der Waals surface area contributed by atoms with Crippen LogP contribution < -0.4 is 14.8 Å². The van der Waals surface area contributed by atoms with Crippen LogP contribution in [-0.4, -0.2) is 30.3 Å². The number of ether oxygens (including phenoxy) is 2. The lowest BCUT2D eigenvalue weighted by Gasteiger charge is -2.08. The summed E-state index contributed by atoms with van der Waals surface area (Å²) >= 11 is 0. The number of nitrogens with one attached hydrogen (secondary N) is 1. The van der Waals surface area contributed by atoms with Crippen LogP contribution in [0, 0.1) is 0 Å². The van der Waals surface area contributed by atoms with E-state index < -0.39 is 0 Å². The highest BCUT2D eigenvalue weighted by atomic mass is 16.5. The first kappa shape index (κ1) is 15.8. The van der Waals surface area contributed by atoms with Gasteiger partial charge in [-0.3, -0.25) is 4.79 Å². The maximum atomic E-state index is 12.2. The smallest absolute Gasteiger partial charge is 0.251 e. The molecular formula is C15H19N3O4. The molecule has 0 spiro atoms. The Morgan fingerprint density at radius 1 is 1.23 bits per heavy atom. The van der Waals surface area contributed by atoms with E-state index in [4.69, 9.17) is 14.0 Å². The number of amides is 1. The largest absolute Gasteiger partial charge is 0.497 e. The molecule has 0 bridgehead atoms. The Bertz CT molecular complexity index is 617. The fraction of sp³-hybridized carbons (Fsp3) is 0.400. The van der Waals surface area contributed by atoms with Gasteiger partial charge in [0, 0.05) is 18.1 Å². The summed E-state index contributed by atoms with van der Waals surface area (Å²) < 4.78 is 15.3. The predicted molar refractivity (Wildman–Crippen MR) is 79.0 cm³/mol. The summed E-state index contributed by atoms with van der Waals surface area (Å²) in [6.45, 7) is 2.23. The number of carbonyl (C=O) groups excluding carboxylic acids is 1. The molecule has 0 saturated heterocycles. The van der Waals surface area contributed by atoms with Gasteiger partial charge in [0.15, 0.2) is 5.82 Å². The molecule has 0 saturated carbocycles. The van der Waals surface area contributed by atoms with E-state index in [2.05, 4.69) is 15.5 Å². The third kappa shape index (κ3) is 3.97. The quantitative estimate of drug-likeness (QED) is 0.841. The van der Waals surface area contributed by atoms with E-state index >= 15 is 0 Å². The molecule has 1 amide bonds. The molecular weight excluding hydrogens is 286 g/mol. The van der Waals surface area contributed by atoms with Crippen molar-refractivity contribution in [3.05, 3.63) is 35.5 Å². The number of nitrogens with zero attached hydrogens (tertiary/aromatic N) is 2. The molecule has 22 heavy (non-hydrogen) atoms. The second-order valence-corrected chi connectivity index (χ2v) is 4.64. The summed E-state index contributed by atoms with van der Waals surface area (Å²) in [5.41, 5.74) is 0.438. The normalized spacial score (nSPS) is 10.3. The standard InChI is InChI=1S/C15H19N3O4/c1-4-5-14-17-13(18-22-14)9-16-15(19)10-6-11(20-2)8-12(7-10)21-3/h6-8H,4-5,9H2,1-3H3,(H,16,19). The van der Waals surface area contributed by atoms with Gasteiger partial charge in [-0.25, -0.2) is 0 Å². The van der Waals surface area contributed by atoms with Crippen molar-refractivity contribution in [3.63, 3.8) is 0 Å². The Morgan fingerprint density at radius 3 is 2.50 bits per heavy atom. The van der Waals surface area contributed by atoms with Crippen LogP contribution in [-0.2, 0) is 13.0 Å². The summed E-state index contributed by atoms with van der Waals surface area (Å²) in [6, 6.07) is 4.97. The highest BCUT2D eigenvalue weighted by molar-refractivity contribution is 5.95. The molecule has 7 heteroatoms.